The first kappa shape index (κ1) is 20.2. The van der Waals surface area contributed by atoms with Crippen molar-refractivity contribution in [3.8, 4) is 5.75 Å². The van der Waals surface area contributed by atoms with E-state index in [9.17, 15) is 13.2 Å². The minimum Gasteiger partial charge on any atom is -0.476 e. The van der Waals surface area contributed by atoms with Gasteiger partial charge in [-0.05, 0) is 43.5 Å². The van der Waals surface area contributed by atoms with Gasteiger partial charge in [-0.25, -0.2) is 8.42 Å². The van der Waals surface area contributed by atoms with Crippen LogP contribution in [-0.4, -0.2) is 32.7 Å². The van der Waals surface area contributed by atoms with Crippen molar-refractivity contribution in [3.63, 3.8) is 0 Å². The number of para-hydroxylation sites is 2. The maximum absolute atomic E-state index is 12.8. The molecule has 1 heterocycles. The van der Waals surface area contributed by atoms with Crippen LogP contribution in [0.4, 0.5) is 5.69 Å². The molecule has 1 aliphatic rings. The maximum Gasteiger partial charge on any atom is 0.263 e. The topological polar surface area (TPSA) is 75.7 Å². The predicted molar refractivity (Wildman–Crippen MR) is 110 cm³/mol. The van der Waals surface area contributed by atoms with Crippen molar-refractivity contribution < 1.29 is 17.9 Å². The van der Waals surface area contributed by atoms with Crippen LogP contribution < -0.4 is 14.4 Å². The molecule has 2 aromatic carbocycles. The molecule has 2 aromatic rings. The smallest absolute Gasteiger partial charge is 0.263 e. The minimum atomic E-state index is -3.52. The summed E-state index contributed by atoms with van der Waals surface area (Å²) in [6, 6.07) is 14.7. The second-order valence-electron chi connectivity index (χ2n) is 6.83. The number of carbonyl (C=O) groups is 1. The van der Waals surface area contributed by atoms with Gasteiger partial charge in [-0.3, -0.25) is 9.10 Å². The highest BCUT2D eigenvalue weighted by Crippen LogP contribution is 2.35. The lowest BCUT2D eigenvalue weighted by Gasteiger charge is -2.35. The van der Waals surface area contributed by atoms with E-state index in [0.29, 0.717) is 11.4 Å². The third-order valence-electron chi connectivity index (χ3n) is 4.97. The fourth-order valence-corrected chi connectivity index (χ4v) is 4.31. The Kier molecular flexibility index (Phi) is 5.93. The van der Waals surface area contributed by atoms with Gasteiger partial charge >= 0.3 is 0 Å². The maximum atomic E-state index is 12.8. The Balaban J connectivity index is 1.78. The number of aryl methyl sites for hydroxylation is 1. The Bertz CT molecular complexity index is 941. The van der Waals surface area contributed by atoms with Crippen LogP contribution in [0.3, 0.4) is 0 Å². The Morgan fingerprint density at radius 3 is 2.50 bits per heavy atom. The molecule has 0 unspecified atom stereocenters. The average Bonchev–Trinajstić information content (AvgIpc) is 2.72. The highest BCUT2D eigenvalue weighted by Gasteiger charge is 2.36. The van der Waals surface area contributed by atoms with Crippen LogP contribution in [0.1, 0.15) is 37.9 Å². The van der Waals surface area contributed by atoms with Crippen molar-refractivity contribution in [3.05, 3.63) is 59.7 Å². The van der Waals surface area contributed by atoms with Gasteiger partial charge in [0.15, 0.2) is 6.10 Å². The molecule has 0 fully saturated rings. The van der Waals surface area contributed by atoms with Crippen molar-refractivity contribution in [1.82, 2.24) is 5.32 Å². The first-order valence-electron chi connectivity index (χ1n) is 9.51. The van der Waals surface area contributed by atoms with Crippen LogP contribution >= 0.6 is 0 Å². The molecule has 3 rings (SSSR count). The quantitative estimate of drug-likeness (QED) is 0.806. The van der Waals surface area contributed by atoms with E-state index in [2.05, 4.69) is 12.2 Å². The van der Waals surface area contributed by atoms with Crippen LogP contribution in [0.5, 0.6) is 5.75 Å². The fraction of sp³-hybridized carbons (Fsp3) is 0.381. The SMILES string of the molecule is CCc1ccc([C@@H](C)NC(=O)[C@@H]2CN(S(=O)(=O)CC)c3ccccc3O2)cc1. The molecule has 0 aromatic heterocycles. The molecule has 150 valence electrons. The van der Waals surface area contributed by atoms with E-state index in [1.165, 1.54) is 9.87 Å². The van der Waals surface area contributed by atoms with Crippen molar-refractivity contribution >= 4 is 21.6 Å². The van der Waals surface area contributed by atoms with Gasteiger partial charge < -0.3 is 10.1 Å². The molecule has 2 atom stereocenters. The lowest BCUT2D eigenvalue weighted by molar-refractivity contribution is -0.128. The first-order chi connectivity index (χ1) is 13.4. The lowest BCUT2D eigenvalue weighted by atomic mass is 10.0. The van der Waals surface area contributed by atoms with Crippen molar-refractivity contribution in [1.29, 1.82) is 0 Å². The molecule has 7 heteroatoms. The van der Waals surface area contributed by atoms with E-state index < -0.39 is 16.1 Å². The lowest BCUT2D eigenvalue weighted by Crippen LogP contribution is -2.51. The number of benzene rings is 2. The number of sulfonamides is 1. The monoisotopic (exact) mass is 402 g/mol. The summed E-state index contributed by atoms with van der Waals surface area (Å²) < 4.78 is 32.1. The number of amides is 1. The zero-order chi connectivity index (χ0) is 20.3. The third-order valence-corrected chi connectivity index (χ3v) is 6.72. The summed E-state index contributed by atoms with van der Waals surface area (Å²) in [5, 5.41) is 2.94. The summed E-state index contributed by atoms with van der Waals surface area (Å²) in [4.78, 5) is 12.8. The van der Waals surface area contributed by atoms with Gasteiger partial charge in [-0.15, -0.1) is 0 Å². The first-order valence-corrected chi connectivity index (χ1v) is 11.1. The van der Waals surface area contributed by atoms with Crippen LogP contribution in [0.25, 0.3) is 0 Å². The predicted octanol–water partition coefficient (Wildman–Crippen LogP) is 3.04. The van der Waals surface area contributed by atoms with Gasteiger partial charge in [-0.1, -0.05) is 43.3 Å². The molecule has 0 saturated carbocycles. The zero-order valence-corrected chi connectivity index (χ0v) is 17.2. The van der Waals surface area contributed by atoms with Crippen LogP contribution in [-0.2, 0) is 21.2 Å². The van der Waals surface area contributed by atoms with Crippen molar-refractivity contribution in [2.45, 2.75) is 39.3 Å². The molecule has 1 N–H and O–H groups in total. The molecule has 1 amide bonds. The number of anilines is 1. The van der Waals surface area contributed by atoms with Crippen LogP contribution in [0.2, 0.25) is 0 Å². The van der Waals surface area contributed by atoms with E-state index >= 15 is 0 Å². The molecular formula is C21H26N2O4S. The molecule has 0 spiro atoms. The minimum absolute atomic E-state index is 0.0412. The van der Waals surface area contributed by atoms with E-state index in [1.54, 1.807) is 31.2 Å². The van der Waals surface area contributed by atoms with Crippen LogP contribution in [0, 0.1) is 0 Å². The van der Waals surface area contributed by atoms with Gasteiger partial charge in [0.2, 0.25) is 10.0 Å². The number of rotatable bonds is 6. The molecular weight excluding hydrogens is 376 g/mol. The largest absolute Gasteiger partial charge is 0.476 e. The number of fused-ring (bicyclic) bond motifs is 1. The highest BCUT2D eigenvalue weighted by atomic mass is 32.2. The second-order valence-corrected chi connectivity index (χ2v) is 9.01. The fourth-order valence-electron chi connectivity index (χ4n) is 3.19. The number of nitrogens with one attached hydrogen (secondary N) is 1. The van der Waals surface area contributed by atoms with Gasteiger partial charge in [0, 0.05) is 0 Å². The molecule has 0 radical (unpaired) electrons. The van der Waals surface area contributed by atoms with E-state index in [1.807, 2.05) is 31.2 Å². The number of hydrogen-bond acceptors (Lipinski definition) is 4. The Labute approximate surface area is 166 Å². The number of ether oxygens (including phenoxy) is 1. The summed E-state index contributed by atoms with van der Waals surface area (Å²) in [5.74, 6) is 0.0132. The molecule has 6 nitrogen and oxygen atoms in total. The van der Waals surface area contributed by atoms with Crippen molar-refractivity contribution in [2.24, 2.45) is 0 Å². The van der Waals surface area contributed by atoms with Gasteiger partial charge in [0.05, 0.1) is 24.0 Å². The zero-order valence-electron chi connectivity index (χ0n) is 16.4. The molecule has 1 aliphatic heterocycles. The van der Waals surface area contributed by atoms with Crippen molar-refractivity contribution in [2.75, 3.05) is 16.6 Å². The van der Waals surface area contributed by atoms with Gasteiger partial charge in [0.25, 0.3) is 5.91 Å². The van der Waals surface area contributed by atoms with E-state index in [0.717, 1.165) is 12.0 Å². The number of nitrogens with zero attached hydrogens (tertiary/aromatic N) is 1. The highest BCUT2D eigenvalue weighted by molar-refractivity contribution is 7.92. The molecule has 0 bridgehead atoms. The van der Waals surface area contributed by atoms with Crippen LogP contribution in [0.15, 0.2) is 48.5 Å². The summed E-state index contributed by atoms with van der Waals surface area (Å²) in [7, 11) is -3.52. The van der Waals surface area contributed by atoms with E-state index in [-0.39, 0.29) is 24.2 Å². The average molecular weight is 403 g/mol. The standard InChI is InChI=1S/C21H26N2O4S/c1-4-16-10-12-17(13-11-16)15(3)22-21(24)20-14-23(28(25,26)5-2)18-8-6-7-9-19(18)27-20/h6-13,15,20H,4-5,14H2,1-3H3,(H,22,24)/t15-,20+/m1/s1. The third kappa shape index (κ3) is 4.14. The summed E-state index contributed by atoms with van der Waals surface area (Å²) >= 11 is 0. The molecule has 28 heavy (non-hydrogen) atoms. The molecule has 0 aliphatic carbocycles. The van der Waals surface area contributed by atoms with E-state index in [4.69, 9.17) is 4.74 Å². The second kappa shape index (κ2) is 8.22. The number of hydrogen-bond donors (Lipinski definition) is 1. The Hall–Kier alpha value is -2.54. The van der Waals surface area contributed by atoms with Gasteiger partial charge in [-0.2, -0.15) is 0 Å². The number of carbonyl (C=O) groups excluding carboxylic acids is 1. The Morgan fingerprint density at radius 2 is 1.86 bits per heavy atom. The Morgan fingerprint density at radius 1 is 1.18 bits per heavy atom. The summed E-state index contributed by atoms with van der Waals surface area (Å²) in [6.45, 7) is 5.54. The normalized spacial score (nSPS) is 17.4. The summed E-state index contributed by atoms with van der Waals surface area (Å²) in [5.41, 5.74) is 2.69. The molecule has 0 saturated heterocycles. The van der Waals surface area contributed by atoms with Gasteiger partial charge in [0.1, 0.15) is 5.75 Å². The summed E-state index contributed by atoms with van der Waals surface area (Å²) in [6.07, 6.45) is 0.0477.